The lowest BCUT2D eigenvalue weighted by molar-refractivity contribution is 0.364. The minimum absolute atomic E-state index is 0.261. The van der Waals surface area contributed by atoms with Crippen molar-refractivity contribution in [3.05, 3.63) is 45.4 Å². The van der Waals surface area contributed by atoms with E-state index < -0.39 is 0 Å². The Morgan fingerprint density at radius 2 is 2.14 bits per heavy atom. The van der Waals surface area contributed by atoms with E-state index in [1.807, 2.05) is 25.1 Å². The Balaban J connectivity index is 2.03. The van der Waals surface area contributed by atoms with E-state index in [-0.39, 0.29) is 6.04 Å². The average molecular weight is 300 g/mol. The summed E-state index contributed by atoms with van der Waals surface area (Å²) in [6.07, 6.45) is 5.25. The predicted octanol–water partition coefficient (Wildman–Crippen LogP) is 3.62. The van der Waals surface area contributed by atoms with Crippen molar-refractivity contribution in [2.75, 3.05) is 6.61 Å². The lowest BCUT2D eigenvalue weighted by atomic mass is 10.1. The summed E-state index contributed by atoms with van der Waals surface area (Å²) in [5.41, 5.74) is 2.22. The number of ether oxygens (including phenoxy) is 1. The summed E-state index contributed by atoms with van der Waals surface area (Å²) in [4.78, 5) is 5.76. The lowest BCUT2D eigenvalue weighted by Gasteiger charge is -2.15. The topological polar surface area (TPSA) is 34.1 Å². The molecule has 1 aromatic carbocycles. The second-order valence-corrected chi connectivity index (χ2v) is 6.12. The molecule has 2 aromatic rings. The van der Waals surface area contributed by atoms with Gasteiger partial charge < -0.3 is 10.1 Å². The molecular weight excluding hydrogens is 280 g/mol. The van der Waals surface area contributed by atoms with Gasteiger partial charge in [0.15, 0.2) is 0 Å². The average Bonchev–Trinajstić information content (AvgIpc) is 2.82. The van der Waals surface area contributed by atoms with Crippen molar-refractivity contribution < 1.29 is 4.74 Å². The van der Waals surface area contributed by atoms with Gasteiger partial charge in [0, 0.05) is 23.0 Å². The van der Waals surface area contributed by atoms with Gasteiger partial charge in [-0.3, -0.25) is 0 Å². The summed E-state index contributed by atoms with van der Waals surface area (Å²) in [5.74, 6) is 3.34. The van der Waals surface area contributed by atoms with Crippen LogP contribution in [0, 0.1) is 26.2 Å². The number of hydrogen-bond acceptors (Lipinski definition) is 4. The van der Waals surface area contributed by atoms with E-state index in [1.54, 1.807) is 11.3 Å². The zero-order valence-corrected chi connectivity index (χ0v) is 13.5. The molecule has 0 aliphatic carbocycles. The Hall–Kier alpha value is -1.83. The predicted molar refractivity (Wildman–Crippen MR) is 87.6 cm³/mol. The number of nitrogens with zero attached hydrogens (tertiary/aromatic N) is 1. The van der Waals surface area contributed by atoms with E-state index in [4.69, 9.17) is 11.2 Å². The molecule has 0 spiro atoms. The van der Waals surface area contributed by atoms with E-state index in [2.05, 4.69) is 36.1 Å². The number of hydrogen-bond donors (Lipinski definition) is 1. The highest BCUT2D eigenvalue weighted by atomic mass is 32.1. The zero-order chi connectivity index (χ0) is 15.2. The monoisotopic (exact) mass is 300 g/mol. The summed E-state index contributed by atoms with van der Waals surface area (Å²) < 4.78 is 5.57. The molecule has 3 nitrogen and oxygen atoms in total. The molecule has 21 heavy (non-hydrogen) atoms. The number of rotatable bonds is 6. The largest absolute Gasteiger partial charge is 0.481 e. The van der Waals surface area contributed by atoms with Crippen LogP contribution in [-0.2, 0) is 6.54 Å². The number of para-hydroxylation sites is 1. The van der Waals surface area contributed by atoms with Crippen LogP contribution < -0.4 is 10.1 Å². The van der Waals surface area contributed by atoms with Crippen LogP contribution >= 0.6 is 11.3 Å². The molecule has 0 aliphatic rings. The highest BCUT2D eigenvalue weighted by Gasteiger charge is 2.13. The van der Waals surface area contributed by atoms with Crippen molar-refractivity contribution in [1.82, 2.24) is 10.3 Å². The van der Waals surface area contributed by atoms with Gasteiger partial charge in [0.25, 0.3) is 0 Å². The molecule has 2 rings (SSSR count). The molecule has 0 saturated heterocycles. The van der Waals surface area contributed by atoms with E-state index in [0.717, 1.165) is 28.6 Å². The van der Waals surface area contributed by atoms with Crippen molar-refractivity contribution in [3.8, 4) is 18.1 Å². The van der Waals surface area contributed by atoms with E-state index in [1.165, 1.54) is 4.88 Å². The first-order chi connectivity index (χ1) is 10.1. The molecular formula is C17H20N2OS. The Labute approximate surface area is 130 Å². The first kappa shape index (κ1) is 15.6. The smallest absolute Gasteiger partial charge is 0.148 e. The quantitative estimate of drug-likeness (QED) is 0.827. The zero-order valence-electron chi connectivity index (χ0n) is 12.6. The van der Waals surface area contributed by atoms with E-state index in [0.29, 0.717) is 6.61 Å². The van der Waals surface area contributed by atoms with Crippen LogP contribution in [0.1, 0.15) is 34.1 Å². The maximum atomic E-state index is 5.57. The third-order valence-electron chi connectivity index (χ3n) is 3.22. The molecule has 0 aliphatic heterocycles. The second-order valence-electron chi connectivity index (χ2n) is 4.89. The maximum absolute atomic E-state index is 5.57. The third kappa shape index (κ3) is 4.07. The molecule has 110 valence electrons. The SMILES string of the molecule is C#CCOc1ccccc1CNC(C)c1sc(C)nc1C. The normalized spacial score (nSPS) is 11.9. The number of terminal acetylenes is 1. The van der Waals surface area contributed by atoms with Crippen molar-refractivity contribution in [3.63, 3.8) is 0 Å². The van der Waals surface area contributed by atoms with Gasteiger partial charge in [-0.1, -0.05) is 24.1 Å². The van der Waals surface area contributed by atoms with Crippen molar-refractivity contribution >= 4 is 11.3 Å². The Morgan fingerprint density at radius 3 is 2.81 bits per heavy atom. The Morgan fingerprint density at radius 1 is 1.38 bits per heavy atom. The van der Waals surface area contributed by atoms with Gasteiger partial charge in [0.2, 0.25) is 0 Å². The van der Waals surface area contributed by atoms with E-state index in [9.17, 15) is 0 Å². The van der Waals surface area contributed by atoms with Crippen molar-refractivity contribution in [1.29, 1.82) is 0 Å². The highest BCUT2D eigenvalue weighted by Crippen LogP contribution is 2.25. The fourth-order valence-corrected chi connectivity index (χ4v) is 3.17. The minimum atomic E-state index is 0.261. The number of aryl methyl sites for hydroxylation is 2. The highest BCUT2D eigenvalue weighted by molar-refractivity contribution is 7.11. The number of benzene rings is 1. The van der Waals surface area contributed by atoms with Crippen LogP contribution in [0.2, 0.25) is 0 Å². The van der Waals surface area contributed by atoms with Crippen LogP contribution in [0.5, 0.6) is 5.75 Å². The molecule has 0 bridgehead atoms. The molecule has 0 saturated carbocycles. The molecule has 0 fully saturated rings. The van der Waals surface area contributed by atoms with Gasteiger partial charge in [0.05, 0.1) is 10.7 Å². The lowest BCUT2D eigenvalue weighted by Crippen LogP contribution is -2.18. The fraction of sp³-hybridized carbons (Fsp3) is 0.353. The maximum Gasteiger partial charge on any atom is 0.148 e. The summed E-state index contributed by atoms with van der Waals surface area (Å²) in [5, 5.41) is 4.63. The third-order valence-corrected chi connectivity index (χ3v) is 4.47. The summed E-state index contributed by atoms with van der Waals surface area (Å²) in [7, 11) is 0. The van der Waals surface area contributed by atoms with Gasteiger partial charge in [-0.2, -0.15) is 0 Å². The van der Waals surface area contributed by atoms with Crippen LogP contribution in [0.3, 0.4) is 0 Å². The van der Waals surface area contributed by atoms with Gasteiger partial charge in [-0.05, 0) is 26.8 Å². The molecule has 0 radical (unpaired) electrons. The first-order valence-electron chi connectivity index (χ1n) is 6.93. The second kappa shape index (κ2) is 7.26. The Bertz CT molecular complexity index is 642. The molecule has 1 atom stereocenters. The van der Waals surface area contributed by atoms with Gasteiger partial charge in [0.1, 0.15) is 12.4 Å². The molecule has 1 heterocycles. The van der Waals surface area contributed by atoms with Gasteiger partial charge in [-0.15, -0.1) is 17.8 Å². The van der Waals surface area contributed by atoms with Gasteiger partial charge >= 0.3 is 0 Å². The van der Waals surface area contributed by atoms with Gasteiger partial charge in [-0.25, -0.2) is 4.98 Å². The molecule has 1 aromatic heterocycles. The first-order valence-corrected chi connectivity index (χ1v) is 7.75. The summed E-state index contributed by atoms with van der Waals surface area (Å²) in [6, 6.07) is 8.22. The minimum Gasteiger partial charge on any atom is -0.481 e. The van der Waals surface area contributed by atoms with Crippen molar-refractivity contribution in [2.45, 2.75) is 33.4 Å². The molecule has 4 heteroatoms. The van der Waals surface area contributed by atoms with Crippen molar-refractivity contribution in [2.24, 2.45) is 0 Å². The standard InChI is InChI=1S/C17H20N2OS/c1-5-10-20-16-9-7-6-8-15(16)11-18-12(2)17-13(3)19-14(4)21-17/h1,6-9,12,18H,10-11H2,2-4H3. The summed E-state index contributed by atoms with van der Waals surface area (Å²) in [6.45, 7) is 7.28. The van der Waals surface area contributed by atoms with Crippen LogP contribution in [0.4, 0.5) is 0 Å². The van der Waals surface area contributed by atoms with Crippen LogP contribution in [0.25, 0.3) is 0 Å². The molecule has 0 amide bonds. The molecule has 1 N–H and O–H groups in total. The fourth-order valence-electron chi connectivity index (χ4n) is 2.21. The number of aromatic nitrogens is 1. The van der Waals surface area contributed by atoms with Crippen LogP contribution in [0.15, 0.2) is 24.3 Å². The Kier molecular flexibility index (Phi) is 5.38. The number of nitrogens with one attached hydrogen (secondary N) is 1. The van der Waals surface area contributed by atoms with Crippen LogP contribution in [-0.4, -0.2) is 11.6 Å². The molecule has 1 unspecified atom stereocenters. The summed E-state index contributed by atoms with van der Waals surface area (Å²) >= 11 is 1.74. The number of thiazole rings is 1. The van der Waals surface area contributed by atoms with E-state index >= 15 is 0 Å².